The molecule has 1 rings (SSSR count). The number of hydrogen-bond donors (Lipinski definition) is 1. The molecule has 1 N–H and O–H groups in total. The van der Waals surface area contributed by atoms with Gasteiger partial charge in [-0.1, -0.05) is 17.7 Å². The van der Waals surface area contributed by atoms with E-state index < -0.39 is 0 Å². The fraction of sp³-hybridized carbons (Fsp3) is 0.400. The Bertz CT molecular complexity index is 279. The monoisotopic (exact) mass is 235 g/mol. The maximum atomic E-state index is 5.99. The highest BCUT2D eigenvalue weighted by Gasteiger charge is 2.01. The molecule has 0 fully saturated rings. The van der Waals surface area contributed by atoms with Crippen LogP contribution in [0.2, 0.25) is 5.02 Å². The van der Waals surface area contributed by atoms with Gasteiger partial charge in [-0.05, 0) is 31.7 Å². The first-order chi connectivity index (χ1) is 6.27. The second kappa shape index (κ2) is 6.93. The highest BCUT2D eigenvalue weighted by Crippen LogP contribution is 2.25. The maximum absolute atomic E-state index is 5.99. The topological polar surface area (TPSA) is 21.3 Å². The van der Waals surface area contributed by atoms with E-state index in [1.54, 1.807) is 0 Å². The molecule has 1 aromatic carbocycles. The Morgan fingerprint density at radius 3 is 2.64 bits per heavy atom. The van der Waals surface area contributed by atoms with Crippen LogP contribution in [0.3, 0.4) is 0 Å². The highest BCUT2D eigenvalue weighted by molar-refractivity contribution is 6.32. The molecule has 0 bridgehead atoms. The van der Waals surface area contributed by atoms with Gasteiger partial charge in [0.1, 0.15) is 5.75 Å². The van der Waals surface area contributed by atoms with Crippen molar-refractivity contribution < 1.29 is 4.74 Å². The van der Waals surface area contributed by atoms with Gasteiger partial charge in [0.25, 0.3) is 0 Å². The molecule has 0 saturated carbocycles. The zero-order chi connectivity index (χ0) is 9.68. The predicted octanol–water partition coefficient (Wildman–Crippen LogP) is 2.88. The van der Waals surface area contributed by atoms with Gasteiger partial charge >= 0.3 is 0 Å². The first-order valence-electron chi connectivity index (χ1n) is 4.33. The molecule has 0 unspecified atom stereocenters. The van der Waals surface area contributed by atoms with Gasteiger partial charge in [0.15, 0.2) is 0 Å². The Balaban J connectivity index is 0.00000169. The van der Waals surface area contributed by atoms with Crippen LogP contribution >= 0.6 is 24.0 Å². The third-order valence-electron chi connectivity index (χ3n) is 1.68. The second-order valence-electron chi connectivity index (χ2n) is 2.73. The van der Waals surface area contributed by atoms with Crippen molar-refractivity contribution in [3.05, 3.63) is 28.8 Å². The first kappa shape index (κ1) is 13.6. The van der Waals surface area contributed by atoms with Crippen molar-refractivity contribution in [1.82, 2.24) is 5.32 Å². The van der Waals surface area contributed by atoms with E-state index in [2.05, 4.69) is 5.32 Å². The summed E-state index contributed by atoms with van der Waals surface area (Å²) in [5.74, 6) is 0.754. The van der Waals surface area contributed by atoms with Crippen LogP contribution in [-0.4, -0.2) is 13.7 Å². The van der Waals surface area contributed by atoms with Crippen LogP contribution in [0.5, 0.6) is 5.75 Å². The molecule has 0 aliphatic carbocycles. The summed E-state index contributed by atoms with van der Waals surface area (Å²) >= 11 is 5.99. The summed E-state index contributed by atoms with van der Waals surface area (Å²) in [6, 6.07) is 5.83. The normalized spacial score (nSPS) is 9.36. The van der Waals surface area contributed by atoms with E-state index in [0.717, 1.165) is 17.9 Å². The smallest absolute Gasteiger partial charge is 0.137 e. The molecule has 0 aliphatic heterocycles. The minimum atomic E-state index is 0. The van der Waals surface area contributed by atoms with Crippen LogP contribution in [0.15, 0.2) is 18.2 Å². The molecule has 1 aromatic rings. The van der Waals surface area contributed by atoms with Crippen LogP contribution in [0, 0.1) is 0 Å². The van der Waals surface area contributed by atoms with Crippen LogP contribution in [-0.2, 0) is 6.54 Å². The van der Waals surface area contributed by atoms with Crippen molar-refractivity contribution in [1.29, 1.82) is 0 Å². The van der Waals surface area contributed by atoms with E-state index in [1.165, 1.54) is 0 Å². The lowest BCUT2D eigenvalue weighted by Gasteiger charge is -2.07. The van der Waals surface area contributed by atoms with Crippen LogP contribution in [0.4, 0.5) is 0 Å². The second-order valence-corrected chi connectivity index (χ2v) is 3.14. The van der Waals surface area contributed by atoms with Gasteiger partial charge < -0.3 is 10.1 Å². The number of nitrogens with one attached hydrogen (secondary N) is 1. The number of hydrogen-bond acceptors (Lipinski definition) is 2. The third-order valence-corrected chi connectivity index (χ3v) is 1.97. The summed E-state index contributed by atoms with van der Waals surface area (Å²) in [7, 11) is 1.91. The molecule has 0 heterocycles. The third kappa shape index (κ3) is 3.74. The summed E-state index contributed by atoms with van der Waals surface area (Å²) in [5.41, 5.74) is 1.16. The molecule has 80 valence electrons. The molecule has 0 spiro atoms. The van der Waals surface area contributed by atoms with E-state index in [1.807, 2.05) is 32.2 Å². The lowest BCUT2D eigenvalue weighted by atomic mass is 10.2. The summed E-state index contributed by atoms with van der Waals surface area (Å²) in [6.07, 6.45) is 0. The largest absolute Gasteiger partial charge is 0.492 e. The van der Waals surface area contributed by atoms with Gasteiger partial charge in [0.2, 0.25) is 0 Å². The van der Waals surface area contributed by atoms with Crippen molar-refractivity contribution in [2.24, 2.45) is 0 Å². The molecule has 0 amide bonds. The Labute approximate surface area is 96.0 Å². The number of halogens is 2. The lowest BCUT2D eigenvalue weighted by Crippen LogP contribution is -2.05. The number of rotatable bonds is 4. The zero-order valence-corrected chi connectivity index (χ0v) is 9.91. The molecule has 14 heavy (non-hydrogen) atoms. The van der Waals surface area contributed by atoms with E-state index in [-0.39, 0.29) is 12.4 Å². The van der Waals surface area contributed by atoms with Crippen molar-refractivity contribution >= 4 is 24.0 Å². The summed E-state index contributed by atoms with van der Waals surface area (Å²) in [6.45, 7) is 3.41. The van der Waals surface area contributed by atoms with Gasteiger partial charge in [0.05, 0.1) is 11.6 Å². The van der Waals surface area contributed by atoms with Gasteiger partial charge in [-0.3, -0.25) is 0 Å². The lowest BCUT2D eigenvalue weighted by molar-refractivity contribution is 0.340. The quantitative estimate of drug-likeness (QED) is 0.867. The van der Waals surface area contributed by atoms with Crippen LogP contribution in [0.25, 0.3) is 0 Å². The summed E-state index contributed by atoms with van der Waals surface area (Å²) in [4.78, 5) is 0. The van der Waals surface area contributed by atoms with Crippen molar-refractivity contribution in [2.75, 3.05) is 13.7 Å². The van der Waals surface area contributed by atoms with Crippen molar-refractivity contribution in [2.45, 2.75) is 13.5 Å². The van der Waals surface area contributed by atoms with E-state index in [4.69, 9.17) is 16.3 Å². The Morgan fingerprint density at radius 2 is 2.14 bits per heavy atom. The van der Waals surface area contributed by atoms with Crippen molar-refractivity contribution in [3.8, 4) is 5.75 Å². The zero-order valence-electron chi connectivity index (χ0n) is 8.34. The molecule has 0 saturated heterocycles. The van der Waals surface area contributed by atoms with Crippen LogP contribution < -0.4 is 10.1 Å². The molecular weight excluding hydrogens is 221 g/mol. The fourth-order valence-electron chi connectivity index (χ4n) is 1.13. The molecular formula is C10H15Cl2NO. The van der Waals surface area contributed by atoms with Gasteiger partial charge in [-0.25, -0.2) is 0 Å². The van der Waals surface area contributed by atoms with E-state index in [9.17, 15) is 0 Å². The van der Waals surface area contributed by atoms with Gasteiger partial charge in [-0.15, -0.1) is 12.4 Å². The molecule has 4 heteroatoms. The SMILES string of the molecule is CCOc1ccc(CNC)cc1Cl.Cl. The van der Waals surface area contributed by atoms with E-state index >= 15 is 0 Å². The Hall–Kier alpha value is -0.440. The van der Waals surface area contributed by atoms with Crippen molar-refractivity contribution in [3.63, 3.8) is 0 Å². The molecule has 2 nitrogen and oxygen atoms in total. The maximum Gasteiger partial charge on any atom is 0.137 e. The van der Waals surface area contributed by atoms with Crippen LogP contribution in [0.1, 0.15) is 12.5 Å². The Kier molecular flexibility index (Phi) is 6.71. The van der Waals surface area contributed by atoms with E-state index in [0.29, 0.717) is 11.6 Å². The fourth-order valence-corrected chi connectivity index (χ4v) is 1.39. The minimum Gasteiger partial charge on any atom is -0.492 e. The average molecular weight is 236 g/mol. The summed E-state index contributed by atoms with van der Waals surface area (Å²) < 4.78 is 5.32. The molecule has 0 atom stereocenters. The molecule has 0 aliphatic rings. The average Bonchev–Trinajstić information content (AvgIpc) is 2.10. The van der Waals surface area contributed by atoms with Gasteiger partial charge in [-0.2, -0.15) is 0 Å². The Morgan fingerprint density at radius 1 is 1.43 bits per heavy atom. The molecule has 0 radical (unpaired) electrons. The standard InChI is InChI=1S/C10H14ClNO.ClH/c1-3-13-10-5-4-8(7-12-2)6-9(10)11;/h4-6,12H,3,7H2,1-2H3;1H. The number of ether oxygens (including phenoxy) is 1. The minimum absolute atomic E-state index is 0. The first-order valence-corrected chi connectivity index (χ1v) is 4.71. The number of benzene rings is 1. The molecule has 0 aromatic heterocycles. The van der Waals surface area contributed by atoms with Gasteiger partial charge in [0, 0.05) is 6.54 Å². The highest BCUT2D eigenvalue weighted by atomic mass is 35.5. The predicted molar refractivity (Wildman–Crippen MR) is 62.6 cm³/mol. The summed E-state index contributed by atoms with van der Waals surface area (Å²) in [5, 5.41) is 3.74.